The zero-order valence-corrected chi connectivity index (χ0v) is 13.6. The monoisotopic (exact) mass is 365 g/mol. The summed E-state index contributed by atoms with van der Waals surface area (Å²) in [6.07, 6.45) is -3.00. The molecule has 0 spiro atoms. The number of nitrogens with zero attached hydrogens (tertiary/aromatic N) is 1. The van der Waals surface area contributed by atoms with Crippen LogP contribution in [0.15, 0.2) is 60.8 Å². The van der Waals surface area contributed by atoms with Crippen molar-refractivity contribution in [3.05, 3.63) is 66.6 Å². The summed E-state index contributed by atoms with van der Waals surface area (Å²) in [4.78, 5) is 12.5. The van der Waals surface area contributed by atoms with Gasteiger partial charge >= 0.3 is 6.18 Å². The van der Waals surface area contributed by atoms with Crippen LogP contribution in [-0.4, -0.2) is 29.7 Å². The number of hydrogen-bond acceptors (Lipinski definition) is 3. The lowest BCUT2D eigenvalue weighted by Crippen LogP contribution is -2.63. The molecule has 2 N–H and O–H groups in total. The molecule has 26 heavy (non-hydrogen) atoms. The second-order valence-corrected chi connectivity index (χ2v) is 5.82. The third kappa shape index (κ3) is 3.03. The van der Waals surface area contributed by atoms with E-state index in [0.717, 1.165) is 17.3 Å². The fourth-order valence-corrected chi connectivity index (χ4v) is 2.72. The highest BCUT2D eigenvalue weighted by atomic mass is 19.4. The highest BCUT2D eigenvalue weighted by Gasteiger charge is 2.61. The number of nitrogens with one attached hydrogen (secondary N) is 2. The van der Waals surface area contributed by atoms with Crippen molar-refractivity contribution in [1.29, 1.82) is 0 Å². The fraction of sp³-hybridized carbons (Fsp3) is 0.167. The van der Waals surface area contributed by atoms with E-state index in [9.17, 15) is 22.4 Å². The van der Waals surface area contributed by atoms with Gasteiger partial charge in [-0.15, -0.1) is 0 Å². The lowest BCUT2D eigenvalue weighted by Gasteiger charge is -2.31. The third-order valence-corrected chi connectivity index (χ3v) is 4.05. The molecule has 0 fully saturated rings. The first kappa shape index (κ1) is 17.9. The Bertz CT molecular complexity index is 866. The maximum atomic E-state index is 14.1. The summed E-state index contributed by atoms with van der Waals surface area (Å²) in [6.45, 7) is 0. The molecule has 1 aliphatic rings. The van der Waals surface area contributed by atoms with E-state index in [1.54, 1.807) is 18.2 Å². The molecule has 0 saturated heterocycles. The van der Waals surface area contributed by atoms with Gasteiger partial charge in [-0.2, -0.15) is 13.2 Å². The fourth-order valence-electron chi connectivity index (χ4n) is 2.72. The van der Waals surface area contributed by atoms with Crippen LogP contribution < -0.4 is 10.7 Å². The Morgan fingerprint density at radius 1 is 1.08 bits per heavy atom. The molecular weight excluding hydrogens is 350 g/mol. The topological polar surface area (TPSA) is 44.4 Å². The zero-order valence-electron chi connectivity index (χ0n) is 13.6. The number of benzene rings is 2. The summed E-state index contributed by atoms with van der Waals surface area (Å²) in [7, 11) is 1.35. The molecule has 8 heteroatoms. The van der Waals surface area contributed by atoms with E-state index in [1.165, 1.54) is 37.4 Å². The zero-order chi connectivity index (χ0) is 18.9. The van der Waals surface area contributed by atoms with E-state index in [2.05, 4.69) is 10.7 Å². The van der Waals surface area contributed by atoms with Gasteiger partial charge in [-0.25, -0.2) is 9.82 Å². The molecule has 1 atom stereocenters. The van der Waals surface area contributed by atoms with Crippen molar-refractivity contribution in [3.8, 4) is 11.1 Å². The van der Waals surface area contributed by atoms with Crippen LogP contribution in [0.2, 0.25) is 0 Å². The number of carbonyl (C=O) groups is 1. The molecule has 136 valence electrons. The molecule has 0 bridgehead atoms. The minimum Gasteiger partial charge on any atom is -0.323 e. The molecule has 0 aromatic heterocycles. The van der Waals surface area contributed by atoms with E-state index in [4.69, 9.17) is 0 Å². The Hall–Kier alpha value is -2.87. The molecule has 1 amide bonds. The van der Waals surface area contributed by atoms with Crippen LogP contribution in [0.4, 0.5) is 23.2 Å². The predicted molar refractivity (Wildman–Crippen MR) is 89.3 cm³/mol. The van der Waals surface area contributed by atoms with Crippen molar-refractivity contribution < 1.29 is 22.4 Å². The summed E-state index contributed by atoms with van der Waals surface area (Å²) in [5.41, 5.74) is -0.249. The molecule has 0 radical (unpaired) electrons. The maximum absolute atomic E-state index is 14.1. The van der Waals surface area contributed by atoms with Crippen molar-refractivity contribution in [2.75, 3.05) is 12.4 Å². The SMILES string of the molecule is CN1C=CC(C(=O)Nc2ccccc2-c2ccccc2F)(C(F)(F)F)N1. The molecule has 0 aliphatic carbocycles. The molecule has 1 aliphatic heterocycles. The summed E-state index contributed by atoms with van der Waals surface area (Å²) < 4.78 is 54.8. The van der Waals surface area contributed by atoms with Crippen LogP contribution >= 0.6 is 0 Å². The van der Waals surface area contributed by atoms with Gasteiger partial charge in [-0.3, -0.25) is 4.79 Å². The minimum atomic E-state index is -4.87. The van der Waals surface area contributed by atoms with Gasteiger partial charge in [0.15, 0.2) is 0 Å². The Morgan fingerprint density at radius 3 is 2.27 bits per heavy atom. The Morgan fingerprint density at radius 2 is 1.69 bits per heavy atom. The Kier molecular flexibility index (Phi) is 4.45. The van der Waals surface area contributed by atoms with Crippen LogP contribution in [0.5, 0.6) is 0 Å². The summed E-state index contributed by atoms with van der Waals surface area (Å²) in [6, 6.07) is 11.9. The van der Waals surface area contributed by atoms with E-state index < -0.39 is 23.4 Å². The number of hydrazine groups is 1. The number of carbonyl (C=O) groups excluding carboxylic acids is 1. The van der Waals surface area contributed by atoms with Crippen molar-refractivity contribution in [2.45, 2.75) is 11.7 Å². The predicted octanol–water partition coefficient (Wildman–Crippen LogP) is 3.70. The van der Waals surface area contributed by atoms with Crippen LogP contribution in [0.1, 0.15) is 0 Å². The molecule has 1 heterocycles. The van der Waals surface area contributed by atoms with Gasteiger partial charge in [0.05, 0.1) is 0 Å². The average molecular weight is 365 g/mol. The number of para-hydroxylation sites is 1. The summed E-state index contributed by atoms with van der Waals surface area (Å²) in [5, 5.41) is 3.33. The third-order valence-electron chi connectivity index (χ3n) is 4.05. The molecular formula is C18H15F4N3O. The molecule has 2 aromatic carbocycles. The van der Waals surface area contributed by atoms with Crippen molar-refractivity contribution in [1.82, 2.24) is 10.4 Å². The van der Waals surface area contributed by atoms with Gasteiger partial charge in [0, 0.05) is 30.1 Å². The van der Waals surface area contributed by atoms with Gasteiger partial charge in [0.2, 0.25) is 5.54 Å². The normalized spacial score (nSPS) is 19.7. The highest BCUT2D eigenvalue weighted by molar-refractivity contribution is 6.03. The van der Waals surface area contributed by atoms with E-state index in [-0.39, 0.29) is 16.8 Å². The van der Waals surface area contributed by atoms with Crippen molar-refractivity contribution in [2.24, 2.45) is 0 Å². The van der Waals surface area contributed by atoms with Gasteiger partial charge in [0.1, 0.15) is 5.82 Å². The second kappa shape index (κ2) is 6.45. The van der Waals surface area contributed by atoms with E-state index in [0.29, 0.717) is 0 Å². The summed E-state index contributed by atoms with van der Waals surface area (Å²) in [5.74, 6) is -1.85. The lowest BCUT2D eigenvalue weighted by molar-refractivity contribution is -0.189. The van der Waals surface area contributed by atoms with Gasteiger partial charge in [-0.05, 0) is 18.2 Å². The molecule has 2 aromatic rings. The standard InChI is InChI=1S/C18H15F4N3O/c1-25-11-10-17(24-25,18(20,21)22)16(26)23-15-9-5-3-7-13(15)12-6-2-4-8-14(12)19/h2-11,24H,1H3,(H,23,26). The second-order valence-electron chi connectivity index (χ2n) is 5.82. The van der Waals surface area contributed by atoms with Crippen LogP contribution in [0, 0.1) is 5.82 Å². The average Bonchev–Trinajstić information content (AvgIpc) is 2.99. The molecule has 4 nitrogen and oxygen atoms in total. The first-order valence-electron chi connectivity index (χ1n) is 7.67. The van der Waals surface area contributed by atoms with Gasteiger partial charge in [0.25, 0.3) is 5.91 Å². The number of hydrogen-bond donors (Lipinski definition) is 2. The van der Waals surface area contributed by atoms with Crippen LogP contribution in [0.3, 0.4) is 0 Å². The van der Waals surface area contributed by atoms with E-state index >= 15 is 0 Å². The maximum Gasteiger partial charge on any atom is 0.421 e. The first-order valence-corrected chi connectivity index (χ1v) is 7.67. The molecule has 0 saturated carbocycles. The number of halogens is 4. The minimum absolute atomic E-state index is 0.0796. The van der Waals surface area contributed by atoms with Gasteiger partial charge in [-0.1, -0.05) is 36.4 Å². The smallest absolute Gasteiger partial charge is 0.323 e. The van der Waals surface area contributed by atoms with Gasteiger partial charge < -0.3 is 10.3 Å². The highest BCUT2D eigenvalue weighted by Crippen LogP contribution is 2.37. The number of alkyl halides is 3. The lowest BCUT2D eigenvalue weighted by atomic mass is 9.98. The number of amides is 1. The van der Waals surface area contributed by atoms with Crippen molar-refractivity contribution >= 4 is 11.6 Å². The molecule has 1 unspecified atom stereocenters. The van der Waals surface area contributed by atoms with E-state index in [1.807, 2.05) is 0 Å². The van der Waals surface area contributed by atoms with Crippen molar-refractivity contribution in [3.63, 3.8) is 0 Å². The number of anilines is 1. The molecule has 3 rings (SSSR count). The number of rotatable bonds is 3. The van der Waals surface area contributed by atoms with Crippen LogP contribution in [-0.2, 0) is 4.79 Å². The Balaban J connectivity index is 1.99. The summed E-state index contributed by atoms with van der Waals surface area (Å²) >= 11 is 0. The Labute approximate surface area is 147 Å². The quantitative estimate of drug-likeness (QED) is 0.816. The first-order chi connectivity index (χ1) is 12.2. The van der Waals surface area contributed by atoms with Crippen LogP contribution in [0.25, 0.3) is 11.1 Å². The largest absolute Gasteiger partial charge is 0.421 e.